The molecule has 3 heterocycles. The molecule has 0 saturated carbocycles. The van der Waals surface area contributed by atoms with Gasteiger partial charge in [0.1, 0.15) is 16.1 Å². The van der Waals surface area contributed by atoms with Crippen LogP contribution in [0.4, 0.5) is 0 Å². The molecule has 1 fully saturated rings. The van der Waals surface area contributed by atoms with Crippen LogP contribution in [0.25, 0.3) is 11.1 Å². The number of ether oxygens (including phenoxy) is 1. The van der Waals surface area contributed by atoms with E-state index in [4.69, 9.17) is 4.74 Å². The van der Waals surface area contributed by atoms with E-state index in [9.17, 15) is 0 Å². The molecule has 0 bridgehead atoms. The molecule has 1 N–H and O–H groups in total. The minimum atomic E-state index is 0.487. The van der Waals surface area contributed by atoms with E-state index in [1.807, 2.05) is 24.4 Å². The lowest BCUT2D eigenvalue weighted by Gasteiger charge is -2.27. The Labute approximate surface area is 125 Å². The average Bonchev–Trinajstić information content (AvgIpc) is 2.40. The first-order valence-electron chi connectivity index (χ1n) is 6.25. The summed E-state index contributed by atoms with van der Waals surface area (Å²) in [7, 11) is 0. The average molecular weight is 367 g/mol. The van der Waals surface area contributed by atoms with Gasteiger partial charge in [-0.05, 0) is 47.7 Å². The molecule has 1 aliphatic heterocycles. The van der Waals surface area contributed by atoms with E-state index in [0.717, 1.165) is 27.1 Å². The van der Waals surface area contributed by atoms with E-state index in [0.29, 0.717) is 12.6 Å². The third kappa shape index (κ3) is 3.03. The van der Waals surface area contributed by atoms with Crippen molar-refractivity contribution < 1.29 is 4.74 Å². The van der Waals surface area contributed by atoms with Gasteiger partial charge in [-0.1, -0.05) is 6.07 Å². The van der Waals surface area contributed by atoms with Gasteiger partial charge in [0.05, 0.1) is 6.20 Å². The Morgan fingerprint density at radius 1 is 1.42 bits per heavy atom. The van der Waals surface area contributed by atoms with Crippen molar-refractivity contribution in [2.24, 2.45) is 0 Å². The summed E-state index contributed by atoms with van der Waals surface area (Å²) in [6.07, 6.45) is 6.58. The van der Waals surface area contributed by atoms with Crippen LogP contribution in [0.1, 0.15) is 6.42 Å². The van der Waals surface area contributed by atoms with Gasteiger partial charge in [0.15, 0.2) is 0 Å². The topological polar surface area (TPSA) is 47.0 Å². The highest BCUT2D eigenvalue weighted by Crippen LogP contribution is 2.26. The predicted molar refractivity (Wildman–Crippen MR) is 82.1 cm³/mol. The molecular weight excluding hydrogens is 353 g/mol. The van der Waals surface area contributed by atoms with Crippen molar-refractivity contribution in [3.63, 3.8) is 0 Å². The van der Waals surface area contributed by atoms with Crippen LogP contribution in [0, 0.1) is 3.70 Å². The fourth-order valence-electron chi connectivity index (χ4n) is 1.92. The highest BCUT2D eigenvalue weighted by atomic mass is 127. The lowest BCUT2D eigenvalue weighted by molar-refractivity contribution is 0.217. The molecule has 1 atom stereocenters. The van der Waals surface area contributed by atoms with Crippen LogP contribution in [-0.2, 0) is 0 Å². The molecule has 0 radical (unpaired) electrons. The molecule has 2 aromatic heterocycles. The molecule has 3 rings (SSSR count). The van der Waals surface area contributed by atoms with Crippen molar-refractivity contribution in [2.45, 2.75) is 12.5 Å². The van der Waals surface area contributed by atoms with Crippen LogP contribution in [0.5, 0.6) is 5.75 Å². The number of nitrogens with one attached hydrogen (secondary N) is 1. The van der Waals surface area contributed by atoms with Crippen molar-refractivity contribution in [2.75, 3.05) is 13.2 Å². The van der Waals surface area contributed by atoms with E-state index in [-0.39, 0.29) is 0 Å². The molecule has 98 valence electrons. The minimum absolute atomic E-state index is 0.487. The quantitative estimate of drug-likeness (QED) is 0.667. The fraction of sp³-hybridized carbons (Fsp3) is 0.286. The largest absolute Gasteiger partial charge is 0.490 e. The van der Waals surface area contributed by atoms with Gasteiger partial charge in [-0.15, -0.1) is 0 Å². The van der Waals surface area contributed by atoms with Crippen LogP contribution >= 0.6 is 22.6 Å². The van der Waals surface area contributed by atoms with Crippen molar-refractivity contribution in [3.05, 3.63) is 40.5 Å². The minimum Gasteiger partial charge on any atom is -0.490 e. The predicted octanol–water partition coefficient (Wildman–Crippen LogP) is 2.49. The zero-order valence-corrected chi connectivity index (χ0v) is 12.5. The maximum atomic E-state index is 5.78. The second-order valence-corrected chi connectivity index (χ2v) is 5.52. The smallest absolute Gasteiger partial charge is 0.138 e. The van der Waals surface area contributed by atoms with Crippen molar-refractivity contribution >= 4 is 22.6 Å². The lowest BCUT2D eigenvalue weighted by atomic mass is 10.1. The van der Waals surface area contributed by atoms with Crippen LogP contribution in [-0.4, -0.2) is 29.2 Å². The number of hydrogen-bond donors (Lipinski definition) is 1. The van der Waals surface area contributed by atoms with Crippen LogP contribution in [0.3, 0.4) is 0 Å². The molecule has 0 aliphatic carbocycles. The third-order valence-corrected chi connectivity index (χ3v) is 4.02. The van der Waals surface area contributed by atoms with Crippen molar-refractivity contribution in [1.29, 1.82) is 0 Å². The third-order valence-electron chi connectivity index (χ3n) is 3.16. The number of halogens is 1. The summed E-state index contributed by atoms with van der Waals surface area (Å²) in [5.74, 6) is 0.813. The van der Waals surface area contributed by atoms with Gasteiger partial charge in [0.2, 0.25) is 0 Å². The van der Waals surface area contributed by atoms with Crippen LogP contribution < -0.4 is 10.1 Å². The maximum absolute atomic E-state index is 5.78. The SMILES string of the molecule is Ic1ncc(OC[C@@H]2CCN2)cc1-c1cccnc1. The number of rotatable bonds is 4. The van der Waals surface area contributed by atoms with Gasteiger partial charge >= 0.3 is 0 Å². The standard InChI is InChI=1S/C14H14IN3O/c15-14-13(10-2-1-4-16-7-10)6-12(8-18-14)19-9-11-3-5-17-11/h1-2,4,6-8,11,17H,3,5,9H2/t11-/m0/s1. The van der Waals surface area contributed by atoms with E-state index in [2.05, 4.69) is 37.9 Å². The Morgan fingerprint density at radius 2 is 2.32 bits per heavy atom. The second-order valence-electron chi connectivity index (χ2n) is 4.50. The van der Waals surface area contributed by atoms with Crippen molar-refractivity contribution in [3.8, 4) is 16.9 Å². The summed E-state index contributed by atoms with van der Waals surface area (Å²) >= 11 is 2.23. The first kappa shape index (κ1) is 12.8. The van der Waals surface area contributed by atoms with E-state index < -0.39 is 0 Å². The normalized spacial score (nSPS) is 17.8. The number of nitrogens with zero attached hydrogens (tertiary/aromatic N) is 2. The van der Waals surface area contributed by atoms with Crippen molar-refractivity contribution in [1.82, 2.24) is 15.3 Å². The van der Waals surface area contributed by atoms with Gasteiger partial charge < -0.3 is 10.1 Å². The highest BCUT2D eigenvalue weighted by molar-refractivity contribution is 14.1. The Hall–Kier alpha value is -1.21. The second kappa shape index (κ2) is 5.83. The fourth-order valence-corrected chi connectivity index (χ4v) is 2.53. The summed E-state index contributed by atoms with van der Waals surface area (Å²) in [5.41, 5.74) is 2.12. The molecule has 0 aromatic carbocycles. The molecular formula is C14H14IN3O. The van der Waals surface area contributed by atoms with Gasteiger partial charge in [-0.2, -0.15) is 0 Å². The Bertz CT molecular complexity index is 558. The number of hydrogen-bond acceptors (Lipinski definition) is 4. The number of pyridine rings is 2. The van der Waals surface area contributed by atoms with E-state index in [1.165, 1.54) is 6.42 Å². The zero-order valence-electron chi connectivity index (χ0n) is 10.3. The summed E-state index contributed by atoms with van der Waals surface area (Å²) in [4.78, 5) is 8.54. The summed E-state index contributed by atoms with van der Waals surface area (Å²) in [6, 6.07) is 6.48. The lowest BCUT2D eigenvalue weighted by Crippen LogP contribution is -2.46. The molecule has 1 aliphatic rings. The van der Waals surface area contributed by atoms with Crippen LogP contribution in [0.2, 0.25) is 0 Å². The number of aromatic nitrogens is 2. The van der Waals surface area contributed by atoms with Gasteiger partial charge in [-0.25, -0.2) is 4.98 Å². The molecule has 1 saturated heterocycles. The van der Waals surface area contributed by atoms with Gasteiger partial charge in [0, 0.05) is 29.6 Å². The van der Waals surface area contributed by atoms with Gasteiger partial charge in [0.25, 0.3) is 0 Å². The zero-order chi connectivity index (χ0) is 13.1. The van der Waals surface area contributed by atoms with Gasteiger partial charge in [-0.3, -0.25) is 4.98 Å². The first-order chi connectivity index (χ1) is 9.33. The molecule has 0 amide bonds. The molecule has 0 spiro atoms. The summed E-state index contributed by atoms with van der Waals surface area (Å²) in [5, 5.41) is 3.32. The van der Waals surface area contributed by atoms with E-state index in [1.54, 1.807) is 12.4 Å². The maximum Gasteiger partial charge on any atom is 0.138 e. The monoisotopic (exact) mass is 367 g/mol. The Kier molecular flexibility index (Phi) is 3.93. The molecule has 19 heavy (non-hydrogen) atoms. The Balaban J connectivity index is 1.79. The van der Waals surface area contributed by atoms with E-state index >= 15 is 0 Å². The molecule has 5 heteroatoms. The highest BCUT2D eigenvalue weighted by Gasteiger charge is 2.17. The van der Waals surface area contributed by atoms with Crippen LogP contribution in [0.15, 0.2) is 36.8 Å². The molecule has 4 nitrogen and oxygen atoms in total. The summed E-state index contributed by atoms with van der Waals surface area (Å²) < 4.78 is 6.74. The molecule has 0 unspecified atom stereocenters. The Morgan fingerprint density at radius 3 is 3.00 bits per heavy atom. The first-order valence-corrected chi connectivity index (χ1v) is 7.33. The molecule has 2 aromatic rings. The summed E-state index contributed by atoms with van der Waals surface area (Å²) in [6.45, 7) is 1.80.